The van der Waals surface area contributed by atoms with Gasteiger partial charge in [-0.15, -0.1) is 0 Å². The number of pyridine rings is 1. The molecule has 3 rings (SSSR count). The number of carbonyl (C=O) groups excluding carboxylic acids is 4. The van der Waals surface area contributed by atoms with E-state index in [4.69, 9.17) is 4.74 Å². The molecule has 0 bridgehead atoms. The Hall–Kier alpha value is -3.31. The average Bonchev–Trinajstić information content (AvgIpc) is 2.93. The molecule has 1 aromatic rings. The number of amides is 5. The predicted molar refractivity (Wildman–Crippen MR) is 126 cm³/mol. The molecular formula is C24H33F2N5O5. The fourth-order valence-electron chi connectivity index (χ4n) is 4.22. The van der Waals surface area contributed by atoms with Gasteiger partial charge in [-0.3, -0.25) is 14.5 Å². The molecule has 0 spiro atoms. The van der Waals surface area contributed by atoms with Crippen LogP contribution in [0.3, 0.4) is 0 Å². The summed E-state index contributed by atoms with van der Waals surface area (Å²) in [6.45, 7) is 8.19. The van der Waals surface area contributed by atoms with Gasteiger partial charge in [0, 0.05) is 19.0 Å². The first kappa shape index (κ1) is 27.3. The number of ether oxygens (including phenoxy) is 1. The Labute approximate surface area is 208 Å². The largest absolute Gasteiger partial charge is 0.444 e. The Morgan fingerprint density at radius 2 is 1.89 bits per heavy atom. The summed E-state index contributed by atoms with van der Waals surface area (Å²) < 4.78 is 32.7. The summed E-state index contributed by atoms with van der Waals surface area (Å²) >= 11 is 0. The lowest BCUT2D eigenvalue weighted by Crippen LogP contribution is -2.51. The van der Waals surface area contributed by atoms with Crippen molar-refractivity contribution in [2.24, 2.45) is 5.92 Å². The van der Waals surface area contributed by atoms with E-state index in [2.05, 4.69) is 20.9 Å². The van der Waals surface area contributed by atoms with E-state index in [-0.39, 0.29) is 44.0 Å². The molecule has 1 saturated heterocycles. The minimum atomic E-state index is -2.80. The molecule has 2 aliphatic rings. The molecule has 1 atom stereocenters. The lowest BCUT2D eigenvalue weighted by molar-refractivity contribution is -0.130. The zero-order chi connectivity index (χ0) is 26.9. The van der Waals surface area contributed by atoms with Crippen LogP contribution in [0.4, 0.5) is 24.2 Å². The average molecular weight is 510 g/mol. The molecule has 1 saturated carbocycles. The van der Waals surface area contributed by atoms with Crippen LogP contribution in [0.5, 0.6) is 0 Å². The standard InChI is InChI=1S/C24H33F2N5O5/c1-22(2,3)36-21(35)29-17(15-6-9-24(25,26)10-7-15)18(32)28-16-12-14(8-11-27-16)13-31-19(33)23(4,5)30-20(31)34/h8,11-12,15,17H,6-7,9-10,13H2,1-5H3,(H,29,35)(H,30,34)(H,27,28,32)/t17-/m0/s1. The van der Waals surface area contributed by atoms with Gasteiger partial charge in [-0.1, -0.05) is 0 Å². The van der Waals surface area contributed by atoms with Crippen molar-refractivity contribution >= 4 is 29.8 Å². The van der Waals surface area contributed by atoms with Gasteiger partial charge in [-0.05, 0) is 71.1 Å². The lowest BCUT2D eigenvalue weighted by atomic mass is 9.81. The summed E-state index contributed by atoms with van der Waals surface area (Å²) in [6, 6.07) is 1.46. The number of nitrogens with zero attached hydrogens (tertiary/aromatic N) is 2. The number of nitrogens with one attached hydrogen (secondary N) is 3. The lowest BCUT2D eigenvalue weighted by Gasteiger charge is -2.33. The second-order valence-electron chi connectivity index (χ2n) is 10.8. The van der Waals surface area contributed by atoms with E-state index in [1.54, 1.807) is 40.7 Å². The Bertz CT molecular complexity index is 1030. The Kier molecular flexibility index (Phi) is 7.56. The molecule has 1 aromatic heterocycles. The summed E-state index contributed by atoms with van der Waals surface area (Å²) in [5, 5.41) is 7.75. The number of carbonyl (C=O) groups is 4. The third kappa shape index (κ3) is 6.88. The number of rotatable bonds is 6. The van der Waals surface area contributed by atoms with Crippen molar-refractivity contribution in [3.05, 3.63) is 23.9 Å². The second-order valence-corrected chi connectivity index (χ2v) is 10.8. The van der Waals surface area contributed by atoms with Crippen molar-refractivity contribution in [3.8, 4) is 0 Å². The smallest absolute Gasteiger partial charge is 0.408 e. The van der Waals surface area contributed by atoms with E-state index < -0.39 is 47.1 Å². The van der Waals surface area contributed by atoms with Crippen LogP contribution in [-0.2, 0) is 20.9 Å². The maximum Gasteiger partial charge on any atom is 0.408 e. The molecule has 3 N–H and O–H groups in total. The van der Waals surface area contributed by atoms with E-state index in [1.807, 2.05) is 0 Å². The number of hydrogen-bond acceptors (Lipinski definition) is 6. The van der Waals surface area contributed by atoms with E-state index in [0.717, 1.165) is 4.90 Å². The van der Waals surface area contributed by atoms with Gasteiger partial charge in [-0.2, -0.15) is 0 Å². The molecule has 1 aliphatic carbocycles. The molecular weight excluding hydrogens is 476 g/mol. The van der Waals surface area contributed by atoms with Crippen LogP contribution in [0.2, 0.25) is 0 Å². The van der Waals surface area contributed by atoms with Gasteiger partial charge < -0.3 is 20.7 Å². The third-order valence-electron chi connectivity index (χ3n) is 6.05. The highest BCUT2D eigenvalue weighted by Gasteiger charge is 2.44. The molecule has 10 nitrogen and oxygen atoms in total. The Morgan fingerprint density at radius 3 is 2.44 bits per heavy atom. The highest BCUT2D eigenvalue weighted by molar-refractivity contribution is 6.06. The number of alkyl carbamates (subject to hydrolysis) is 1. The first-order valence-corrected chi connectivity index (χ1v) is 11.8. The summed E-state index contributed by atoms with van der Waals surface area (Å²) in [5.41, 5.74) is -1.29. The number of imide groups is 1. The number of aromatic nitrogens is 1. The number of alkyl halides is 2. The molecule has 5 amide bonds. The molecule has 1 aliphatic heterocycles. The SMILES string of the molecule is CC(C)(C)OC(=O)N[C@H](C(=O)Nc1cc(CN2C(=O)NC(C)(C)C2=O)ccn1)C1CCC(F)(F)CC1. The van der Waals surface area contributed by atoms with Crippen LogP contribution in [0.15, 0.2) is 18.3 Å². The van der Waals surface area contributed by atoms with Gasteiger partial charge >= 0.3 is 12.1 Å². The summed E-state index contributed by atoms with van der Waals surface area (Å²) in [5.74, 6) is -4.20. The molecule has 0 radical (unpaired) electrons. The van der Waals surface area contributed by atoms with E-state index >= 15 is 0 Å². The fraction of sp³-hybridized carbons (Fsp3) is 0.625. The summed E-state index contributed by atoms with van der Waals surface area (Å²) in [6.07, 6.45) is -0.0811. The Morgan fingerprint density at radius 1 is 1.25 bits per heavy atom. The number of halogens is 2. The van der Waals surface area contributed by atoms with Crippen molar-refractivity contribution in [2.75, 3.05) is 5.32 Å². The number of urea groups is 1. The van der Waals surface area contributed by atoms with Crippen LogP contribution in [0.1, 0.15) is 65.9 Å². The predicted octanol–water partition coefficient (Wildman–Crippen LogP) is 3.57. The van der Waals surface area contributed by atoms with Crippen LogP contribution in [0, 0.1) is 5.92 Å². The molecule has 12 heteroatoms. The molecule has 0 aromatic carbocycles. The van der Waals surface area contributed by atoms with Gasteiger partial charge in [0.25, 0.3) is 5.91 Å². The summed E-state index contributed by atoms with van der Waals surface area (Å²) in [7, 11) is 0. The number of anilines is 1. The maximum atomic E-state index is 13.7. The fourth-order valence-corrected chi connectivity index (χ4v) is 4.22. The molecule has 2 fully saturated rings. The van der Waals surface area contributed by atoms with E-state index in [1.165, 1.54) is 12.3 Å². The van der Waals surface area contributed by atoms with Crippen LogP contribution in [0.25, 0.3) is 0 Å². The van der Waals surface area contributed by atoms with E-state index in [0.29, 0.717) is 5.56 Å². The van der Waals surface area contributed by atoms with Gasteiger partial charge in [0.15, 0.2) is 0 Å². The van der Waals surface area contributed by atoms with Crippen LogP contribution < -0.4 is 16.0 Å². The second kappa shape index (κ2) is 9.98. The molecule has 0 unspecified atom stereocenters. The zero-order valence-corrected chi connectivity index (χ0v) is 21.1. The van der Waals surface area contributed by atoms with Gasteiger partial charge in [-0.25, -0.2) is 23.4 Å². The zero-order valence-electron chi connectivity index (χ0n) is 21.1. The monoisotopic (exact) mass is 509 g/mol. The first-order chi connectivity index (χ1) is 16.6. The topological polar surface area (TPSA) is 130 Å². The first-order valence-electron chi connectivity index (χ1n) is 11.8. The van der Waals surface area contributed by atoms with Crippen molar-refractivity contribution in [1.82, 2.24) is 20.5 Å². The van der Waals surface area contributed by atoms with Crippen LogP contribution >= 0.6 is 0 Å². The highest BCUT2D eigenvalue weighted by atomic mass is 19.3. The number of hydrogen-bond donors (Lipinski definition) is 3. The minimum absolute atomic E-state index is 0.0310. The van der Waals surface area contributed by atoms with E-state index in [9.17, 15) is 28.0 Å². The maximum absolute atomic E-state index is 13.7. The summed E-state index contributed by atoms with van der Waals surface area (Å²) in [4.78, 5) is 55.4. The van der Waals surface area contributed by atoms with Crippen molar-refractivity contribution in [1.29, 1.82) is 0 Å². The van der Waals surface area contributed by atoms with Crippen molar-refractivity contribution in [2.45, 2.75) is 90.0 Å². The molecule has 36 heavy (non-hydrogen) atoms. The Balaban J connectivity index is 1.73. The van der Waals surface area contributed by atoms with Crippen LogP contribution in [-0.4, -0.2) is 56.9 Å². The minimum Gasteiger partial charge on any atom is -0.444 e. The molecule has 198 valence electrons. The van der Waals surface area contributed by atoms with Gasteiger partial charge in [0.1, 0.15) is 23.0 Å². The normalized spacial score (nSPS) is 20.5. The van der Waals surface area contributed by atoms with Crippen molar-refractivity contribution in [3.63, 3.8) is 0 Å². The van der Waals surface area contributed by atoms with Gasteiger partial charge in [0.2, 0.25) is 11.8 Å². The third-order valence-corrected chi connectivity index (χ3v) is 6.05. The van der Waals surface area contributed by atoms with Crippen molar-refractivity contribution < 1.29 is 32.7 Å². The molecule has 2 heterocycles. The highest BCUT2D eigenvalue weighted by Crippen LogP contribution is 2.37. The quantitative estimate of drug-likeness (QED) is 0.503. The van der Waals surface area contributed by atoms with Gasteiger partial charge in [0.05, 0.1) is 6.54 Å².